The first-order valence-electron chi connectivity index (χ1n) is 10.8. The first kappa shape index (κ1) is 31.6. The molecular weight excluding hydrogens is 495 g/mol. The minimum Gasteiger partial charge on any atom is -0.493 e. The summed E-state index contributed by atoms with van der Waals surface area (Å²) in [5.74, 6) is 0.526. The van der Waals surface area contributed by atoms with E-state index in [2.05, 4.69) is 38.4 Å². The van der Waals surface area contributed by atoms with Crippen LogP contribution in [0.25, 0.3) is 0 Å². The van der Waals surface area contributed by atoms with Crippen molar-refractivity contribution >= 4 is 43.1 Å². The Morgan fingerprint density at radius 3 is 2.38 bits per heavy atom. The number of aromatic nitrogens is 2. The minimum absolute atomic E-state index is 0. The van der Waals surface area contributed by atoms with E-state index >= 15 is 0 Å². The van der Waals surface area contributed by atoms with Gasteiger partial charge in [0.05, 0.1) is 12.2 Å². The number of hydrogen-bond donors (Lipinski definition) is 1. The van der Waals surface area contributed by atoms with E-state index in [1.165, 1.54) is 11.1 Å². The number of amides is 1. The predicted molar refractivity (Wildman–Crippen MR) is 144 cm³/mol. The predicted octanol–water partition coefficient (Wildman–Crippen LogP) is 5.01. The Kier molecular flexibility index (Phi) is 16.8. The van der Waals surface area contributed by atoms with Gasteiger partial charge in [0, 0.05) is 51.0 Å². The Morgan fingerprint density at radius 2 is 1.68 bits per heavy atom. The molecule has 2 aromatic heterocycles. The van der Waals surface area contributed by atoms with Crippen LogP contribution in [0.2, 0.25) is 0 Å². The van der Waals surface area contributed by atoms with Crippen molar-refractivity contribution in [2.45, 2.75) is 26.3 Å². The molecule has 0 aliphatic carbocycles. The van der Waals surface area contributed by atoms with Gasteiger partial charge in [0.2, 0.25) is 0 Å². The molecule has 0 fully saturated rings. The fraction of sp³-hybridized carbons (Fsp3) is 0.320. The van der Waals surface area contributed by atoms with Gasteiger partial charge >= 0.3 is 0 Å². The van der Waals surface area contributed by atoms with Crippen LogP contribution < -0.4 is 10.1 Å². The van der Waals surface area contributed by atoms with E-state index in [9.17, 15) is 4.79 Å². The topological polar surface area (TPSA) is 67.3 Å². The van der Waals surface area contributed by atoms with Crippen LogP contribution in [0.1, 0.15) is 34.8 Å². The number of para-hydroxylation sites is 1. The van der Waals surface area contributed by atoms with Crippen LogP contribution in [0.3, 0.4) is 0 Å². The van der Waals surface area contributed by atoms with Gasteiger partial charge in [0.15, 0.2) is 0 Å². The number of pyridine rings is 2. The number of carbonyl (C=O) groups is 1. The average Bonchev–Trinajstić information content (AvgIpc) is 2.82. The minimum atomic E-state index is -0.103. The van der Waals surface area contributed by atoms with Crippen molar-refractivity contribution in [3.05, 3.63) is 90.0 Å². The lowest BCUT2D eigenvalue weighted by atomic mass is 10.2. The number of benzene rings is 1. The summed E-state index contributed by atoms with van der Waals surface area (Å²) in [7, 11) is 0. The zero-order valence-electron chi connectivity index (χ0n) is 19.3. The van der Waals surface area contributed by atoms with Crippen molar-refractivity contribution in [3.8, 4) is 5.75 Å². The van der Waals surface area contributed by atoms with Crippen molar-refractivity contribution in [1.82, 2.24) is 20.2 Å². The summed E-state index contributed by atoms with van der Waals surface area (Å²) in [5.41, 5.74) is 3.05. The Labute approximate surface area is 220 Å². The Balaban J connectivity index is 0.00000363. The highest BCUT2D eigenvalue weighted by atomic mass is 35.5. The van der Waals surface area contributed by atoms with E-state index in [4.69, 9.17) is 4.74 Å². The van der Waals surface area contributed by atoms with Crippen LogP contribution in [0, 0.1) is 0 Å². The number of nitrogens with one attached hydrogen (secondary N) is 1. The fourth-order valence-electron chi connectivity index (χ4n) is 3.36. The smallest absolute Gasteiger partial charge is 0.255 e. The summed E-state index contributed by atoms with van der Waals surface area (Å²) in [6, 6.07) is 15.6. The largest absolute Gasteiger partial charge is 0.493 e. The molecule has 34 heavy (non-hydrogen) atoms. The van der Waals surface area contributed by atoms with Gasteiger partial charge in [-0.3, -0.25) is 19.7 Å². The molecule has 0 saturated carbocycles. The average molecular weight is 528 g/mol. The first-order valence-corrected chi connectivity index (χ1v) is 10.8. The molecule has 0 aliphatic heterocycles. The second-order valence-corrected chi connectivity index (χ2v) is 7.30. The standard InChI is InChI=1S/C25H30N4O2.3ClH/c1-2-28-25(30)23-8-3-4-9-24(23)31-18-6-16-29(20-22-10-14-26-15-11-22)17-12-21-7-5-13-27-19-21;;;/h3-5,7-11,13-15,19H,2,6,12,16-18,20H2,1H3,(H,28,30);3*1H. The molecule has 3 aromatic rings. The van der Waals surface area contributed by atoms with Gasteiger partial charge in [-0.15, -0.1) is 37.2 Å². The lowest BCUT2D eigenvalue weighted by Crippen LogP contribution is -2.28. The number of halogens is 3. The van der Waals surface area contributed by atoms with Crippen molar-refractivity contribution in [2.24, 2.45) is 0 Å². The van der Waals surface area contributed by atoms with E-state index in [1.807, 2.05) is 49.8 Å². The van der Waals surface area contributed by atoms with Gasteiger partial charge < -0.3 is 10.1 Å². The third-order valence-corrected chi connectivity index (χ3v) is 4.94. The molecule has 0 spiro atoms. The molecule has 3 rings (SSSR count). The number of carbonyl (C=O) groups excluding carboxylic acids is 1. The quantitative estimate of drug-likeness (QED) is 0.336. The van der Waals surface area contributed by atoms with Crippen LogP contribution in [0.5, 0.6) is 5.75 Å². The highest BCUT2D eigenvalue weighted by Gasteiger charge is 2.12. The third kappa shape index (κ3) is 10.7. The van der Waals surface area contributed by atoms with Crippen molar-refractivity contribution in [3.63, 3.8) is 0 Å². The second kappa shape index (κ2) is 18.0. The maximum absolute atomic E-state index is 12.2. The monoisotopic (exact) mass is 526 g/mol. The van der Waals surface area contributed by atoms with Crippen LogP contribution in [-0.4, -0.2) is 47.0 Å². The molecular formula is C25H33Cl3N4O2. The molecule has 0 atom stereocenters. The third-order valence-electron chi connectivity index (χ3n) is 4.94. The van der Waals surface area contributed by atoms with Crippen molar-refractivity contribution in [1.29, 1.82) is 0 Å². The van der Waals surface area contributed by atoms with Crippen LogP contribution >= 0.6 is 37.2 Å². The van der Waals surface area contributed by atoms with E-state index in [0.29, 0.717) is 24.5 Å². The zero-order valence-corrected chi connectivity index (χ0v) is 21.7. The highest BCUT2D eigenvalue weighted by molar-refractivity contribution is 5.96. The lowest BCUT2D eigenvalue weighted by molar-refractivity contribution is 0.0951. The molecule has 0 unspecified atom stereocenters. The molecule has 6 nitrogen and oxygen atoms in total. The number of hydrogen-bond acceptors (Lipinski definition) is 5. The normalized spacial score (nSPS) is 9.82. The molecule has 9 heteroatoms. The molecule has 1 amide bonds. The van der Waals surface area contributed by atoms with Crippen molar-refractivity contribution in [2.75, 3.05) is 26.2 Å². The van der Waals surface area contributed by atoms with Crippen molar-refractivity contribution < 1.29 is 9.53 Å². The van der Waals surface area contributed by atoms with E-state index in [0.717, 1.165) is 32.5 Å². The SMILES string of the molecule is CCNC(=O)c1ccccc1OCCCN(CCc1cccnc1)Cc1ccncc1.Cl.Cl.Cl. The summed E-state index contributed by atoms with van der Waals surface area (Å²) in [5, 5.41) is 2.83. The van der Waals surface area contributed by atoms with Gasteiger partial charge in [0.25, 0.3) is 5.91 Å². The summed E-state index contributed by atoms with van der Waals surface area (Å²) >= 11 is 0. The Morgan fingerprint density at radius 1 is 0.912 bits per heavy atom. The van der Waals surface area contributed by atoms with Gasteiger partial charge in [-0.05, 0) is 61.2 Å². The number of rotatable bonds is 12. The molecule has 0 saturated heterocycles. The van der Waals surface area contributed by atoms with Gasteiger partial charge in [-0.1, -0.05) is 18.2 Å². The number of nitrogens with zero attached hydrogens (tertiary/aromatic N) is 3. The molecule has 0 radical (unpaired) electrons. The number of ether oxygens (including phenoxy) is 1. The maximum atomic E-state index is 12.2. The molecule has 0 bridgehead atoms. The van der Waals surface area contributed by atoms with Crippen LogP contribution in [0.4, 0.5) is 0 Å². The highest BCUT2D eigenvalue weighted by Crippen LogP contribution is 2.18. The van der Waals surface area contributed by atoms with Gasteiger partial charge in [-0.2, -0.15) is 0 Å². The Bertz CT molecular complexity index is 934. The van der Waals surface area contributed by atoms with Gasteiger partial charge in [-0.25, -0.2) is 0 Å². The summed E-state index contributed by atoms with van der Waals surface area (Å²) in [4.78, 5) is 23.0. The van der Waals surface area contributed by atoms with E-state index in [1.54, 1.807) is 12.3 Å². The van der Waals surface area contributed by atoms with Crippen LogP contribution in [0.15, 0.2) is 73.3 Å². The van der Waals surface area contributed by atoms with Crippen LogP contribution in [-0.2, 0) is 13.0 Å². The molecule has 0 aliphatic rings. The zero-order chi connectivity index (χ0) is 21.7. The molecule has 1 aromatic carbocycles. The first-order chi connectivity index (χ1) is 15.3. The summed E-state index contributed by atoms with van der Waals surface area (Å²) in [6.45, 7) is 5.74. The fourth-order valence-corrected chi connectivity index (χ4v) is 3.36. The molecule has 1 N–H and O–H groups in total. The summed E-state index contributed by atoms with van der Waals surface area (Å²) < 4.78 is 5.96. The second-order valence-electron chi connectivity index (χ2n) is 7.30. The molecule has 2 heterocycles. The summed E-state index contributed by atoms with van der Waals surface area (Å²) in [6.07, 6.45) is 9.19. The van der Waals surface area contributed by atoms with Gasteiger partial charge in [0.1, 0.15) is 5.75 Å². The van der Waals surface area contributed by atoms with E-state index in [-0.39, 0.29) is 43.1 Å². The lowest BCUT2D eigenvalue weighted by Gasteiger charge is -2.22. The van der Waals surface area contributed by atoms with E-state index < -0.39 is 0 Å². The Hall–Kier alpha value is -2.38. The molecule has 186 valence electrons. The maximum Gasteiger partial charge on any atom is 0.255 e.